The molecule has 0 atom stereocenters. The fourth-order valence-corrected chi connectivity index (χ4v) is 2.65. The molecular formula is C13H19N2O5P. The Balaban J connectivity index is 2.52. The van der Waals surface area contributed by atoms with Gasteiger partial charge in [-0.1, -0.05) is 13.8 Å². The van der Waals surface area contributed by atoms with Crippen molar-refractivity contribution < 1.29 is 23.2 Å². The van der Waals surface area contributed by atoms with Crippen LogP contribution in [0.3, 0.4) is 0 Å². The van der Waals surface area contributed by atoms with Gasteiger partial charge in [0.15, 0.2) is 11.5 Å². The Morgan fingerprint density at radius 3 is 2.71 bits per heavy atom. The first-order valence-corrected chi connectivity index (χ1v) is 8.31. The van der Waals surface area contributed by atoms with Crippen LogP contribution in [0.2, 0.25) is 0 Å². The van der Waals surface area contributed by atoms with E-state index >= 15 is 0 Å². The van der Waals surface area contributed by atoms with Crippen molar-refractivity contribution in [3.8, 4) is 11.5 Å². The highest BCUT2D eigenvalue weighted by Gasteiger charge is 2.29. The van der Waals surface area contributed by atoms with E-state index < -0.39 is 7.60 Å². The molecule has 3 N–H and O–H groups in total. The van der Waals surface area contributed by atoms with Crippen LogP contribution in [0.25, 0.3) is 11.5 Å². The monoisotopic (exact) mass is 314 g/mol. The summed E-state index contributed by atoms with van der Waals surface area (Å²) in [5.41, 5.74) is 0.336. The second-order valence-electron chi connectivity index (χ2n) is 5.10. The molecule has 0 aromatic carbocycles. The van der Waals surface area contributed by atoms with Crippen molar-refractivity contribution in [1.29, 1.82) is 0 Å². The molecule has 0 spiro atoms. The summed E-state index contributed by atoms with van der Waals surface area (Å²) in [6.45, 7) is 6.57. The van der Waals surface area contributed by atoms with Gasteiger partial charge in [0.05, 0.1) is 6.26 Å². The predicted molar refractivity (Wildman–Crippen MR) is 78.6 cm³/mol. The van der Waals surface area contributed by atoms with Crippen LogP contribution >= 0.6 is 7.60 Å². The lowest BCUT2D eigenvalue weighted by molar-refractivity contribution is 0.387. The van der Waals surface area contributed by atoms with E-state index in [1.54, 1.807) is 0 Å². The van der Waals surface area contributed by atoms with Crippen LogP contribution in [-0.2, 0) is 11.0 Å². The summed E-state index contributed by atoms with van der Waals surface area (Å²) < 4.78 is 22.4. The van der Waals surface area contributed by atoms with Gasteiger partial charge in [0.1, 0.15) is 11.1 Å². The van der Waals surface area contributed by atoms with Crippen LogP contribution < -0.4 is 10.6 Å². The van der Waals surface area contributed by atoms with Gasteiger partial charge in [0.25, 0.3) is 6.01 Å². The van der Waals surface area contributed by atoms with Crippen molar-refractivity contribution in [3.63, 3.8) is 0 Å². The maximum atomic E-state index is 11.5. The molecule has 0 bridgehead atoms. The fourth-order valence-electron chi connectivity index (χ4n) is 1.97. The molecule has 2 aromatic rings. The zero-order chi connectivity index (χ0) is 15.6. The number of hydrogen-bond donors (Lipinski definition) is 3. The number of furan rings is 1. The summed E-state index contributed by atoms with van der Waals surface area (Å²) >= 11 is 0. The Labute approximate surface area is 122 Å². The number of anilines is 1. The predicted octanol–water partition coefficient (Wildman–Crippen LogP) is 2.37. The summed E-state index contributed by atoms with van der Waals surface area (Å²) in [6, 6.07) is 1.58. The molecule has 8 heteroatoms. The molecule has 0 unspecified atom stereocenters. The largest absolute Gasteiger partial charge is 0.462 e. The van der Waals surface area contributed by atoms with Crippen LogP contribution in [0.15, 0.2) is 21.2 Å². The minimum Gasteiger partial charge on any atom is -0.462 e. The number of aromatic nitrogens is 1. The molecule has 2 aromatic heterocycles. The molecule has 0 saturated heterocycles. The third-order valence-electron chi connectivity index (χ3n) is 2.79. The average molecular weight is 314 g/mol. The Kier molecular flexibility index (Phi) is 4.56. The molecule has 116 valence electrons. The van der Waals surface area contributed by atoms with E-state index in [1.807, 2.05) is 20.8 Å². The average Bonchev–Trinajstić information content (AvgIpc) is 2.94. The number of oxazole rings is 1. The minimum absolute atomic E-state index is 0.0619. The smallest absolute Gasteiger partial charge is 0.360 e. The first-order valence-electron chi connectivity index (χ1n) is 6.70. The van der Waals surface area contributed by atoms with Gasteiger partial charge in [-0.25, -0.2) is 0 Å². The maximum Gasteiger partial charge on any atom is 0.360 e. The van der Waals surface area contributed by atoms with Gasteiger partial charge in [-0.3, -0.25) is 4.57 Å². The Bertz CT molecular complexity index is 655. The molecule has 0 fully saturated rings. The van der Waals surface area contributed by atoms with Gasteiger partial charge in [-0.05, 0) is 18.9 Å². The first kappa shape index (κ1) is 15.8. The van der Waals surface area contributed by atoms with Crippen molar-refractivity contribution >= 4 is 18.9 Å². The molecule has 21 heavy (non-hydrogen) atoms. The Morgan fingerprint density at radius 2 is 2.14 bits per heavy atom. The van der Waals surface area contributed by atoms with Crippen LogP contribution in [0.1, 0.15) is 26.5 Å². The lowest BCUT2D eigenvalue weighted by Crippen LogP contribution is -2.05. The standard InChI is InChI=1S/C13H19N2O5P/c1-4-14-13-15-11(9(20-13)7-8(2)3)12-10(5-6-19-12)21(16,17)18/h5-6,8H,4,7H2,1-3H3,(H,14,15)(H2,16,17,18). The van der Waals surface area contributed by atoms with E-state index in [1.165, 1.54) is 12.3 Å². The van der Waals surface area contributed by atoms with E-state index in [0.717, 1.165) is 0 Å². The summed E-state index contributed by atoms with van der Waals surface area (Å²) in [7, 11) is -4.43. The Hall–Kier alpha value is -1.56. The van der Waals surface area contributed by atoms with Crippen molar-refractivity contribution in [3.05, 3.63) is 18.1 Å². The van der Waals surface area contributed by atoms with Crippen LogP contribution in [0, 0.1) is 5.92 Å². The number of hydrogen-bond acceptors (Lipinski definition) is 5. The van der Waals surface area contributed by atoms with Gasteiger partial charge < -0.3 is 23.9 Å². The summed E-state index contributed by atoms with van der Waals surface area (Å²) in [4.78, 5) is 23.0. The summed E-state index contributed by atoms with van der Waals surface area (Å²) in [6.07, 6.45) is 1.83. The zero-order valence-electron chi connectivity index (χ0n) is 12.2. The molecular weight excluding hydrogens is 295 g/mol. The highest BCUT2D eigenvalue weighted by atomic mass is 31.2. The van der Waals surface area contributed by atoms with Crippen LogP contribution in [0.5, 0.6) is 0 Å². The van der Waals surface area contributed by atoms with E-state index in [4.69, 9.17) is 8.83 Å². The number of nitrogens with one attached hydrogen (secondary N) is 1. The molecule has 0 amide bonds. The van der Waals surface area contributed by atoms with Gasteiger partial charge in [-0.15, -0.1) is 0 Å². The van der Waals surface area contributed by atoms with E-state index in [2.05, 4.69) is 10.3 Å². The highest BCUT2D eigenvalue weighted by molar-refractivity contribution is 7.60. The summed E-state index contributed by atoms with van der Waals surface area (Å²) in [5.74, 6) is 0.914. The highest BCUT2D eigenvalue weighted by Crippen LogP contribution is 2.39. The van der Waals surface area contributed by atoms with Crippen molar-refractivity contribution in [2.24, 2.45) is 5.92 Å². The van der Waals surface area contributed by atoms with E-state index in [-0.39, 0.29) is 11.1 Å². The Morgan fingerprint density at radius 1 is 1.43 bits per heavy atom. The molecule has 7 nitrogen and oxygen atoms in total. The molecule has 2 heterocycles. The molecule has 0 radical (unpaired) electrons. The maximum absolute atomic E-state index is 11.5. The zero-order valence-corrected chi connectivity index (χ0v) is 13.1. The van der Waals surface area contributed by atoms with Crippen molar-refractivity contribution in [1.82, 2.24) is 4.98 Å². The van der Waals surface area contributed by atoms with Crippen molar-refractivity contribution in [2.45, 2.75) is 27.2 Å². The number of rotatable bonds is 6. The molecule has 0 aliphatic rings. The molecule has 0 aliphatic carbocycles. The second-order valence-corrected chi connectivity index (χ2v) is 6.67. The number of nitrogens with zero attached hydrogens (tertiary/aromatic N) is 1. The SMILES string of the molecule is CCNc1nc(-c2occc2P(=O)(O)O)c(CC(C)C)o1. The van der Waals surface area contributed by atoms with Gasteiger partial charge >= 0.3 is 7.60 Å². The van der Waals surface area contributed by atoms with Crippen molar-refractivity contribution in [2.75, 3.05) is 11.9 Å². The topological polar surface area (TPSA) is 109 Å². The van der Waals surface area contributed by atoms with Gasteiger partial charge in [-0.2, -0.15) is 4.98 Å². The minimum atomic E-state index is -4.43. The normalized spacial score (nSPS) is 12.1. The first-order chi connectivity index (χ1) is 9.82. The third-order valence-corrected chi connectivity index (χ3v) is 3.77. The summed E-state index contributed by atoms with van der Waals surface area (Å²) in [5, 5.41) is 2.77. The molecule has 2 rings (SSSR count). The van der Waals surface area contributed by atoms with E-state index in [9.17, 15) is 14.4 Å². The quantitative estimate of drug-likeness (QED) is 0.702. The van der Waals surface area contributed by atoms with Gasteiger partial charge in [0.2, 0.25) is 0 Å². The van der Waals surface area contributed by atoms with Crippen LogP contribution in [-0.4, -0.2) is 21.3 Å². The van der Waals surface area contributed by atoms with Crippen LogP contribution in [0.4, 0.5) is 6.01 Å². The molecule has 0 saturated carbocycles. The second kappa shape index (κ2) is 6.05. The van der Waals surface area contributed by atoms with E-state index in [0.29, 0.717) is 36.4 Å². The third kappa shape index (κ3) is 3.56. The lowest BCUT2D eigenvalue weighted by Gasteiger charge is -2.05. The lowest BCUT2D eigenvalue weighted by atomic mass is 10.1. The van der Waals surface area contributed by atoms with Gasteiger partial charge in [0, 0.05) is 13.0 Å². The molecule has 0 aliphatic heterocycles. The fraction of sp³-hybridized carbons (Fsp3) is 0.462.